The van der Waals surface area contributed by atoms with Gasteiger partial charge < -0.3 is 15.2 Å². The van der Waals surface area contributed by atoms with Crippen molar-refractivity contribution in [3.63, 3.8) is 0 Å². The summed E-state index contributed by atoms with van der Waals surface area (Å²) in [6, 6.07) is 12.1. The van der Waals surface area contributed by atoms with Gasteiger partial charge in [0.2, 0.25) is 0 Å². The molecule has 2 aromatic rings. The number of benzene rings is 1. The van der Waals surface area contributed by atoms with E-state index in [0.29, 0.717) is 10.3 Å². The van der Waals surface area contributed by atoms with Crippen molar-refractivity contribution in [1.82, 2.24) is 4.57 Å². The van der Waals surface area contributed by atoms with Gasteiger partial charge in [-0.3, -0.25) is 9.59 Å². The molecule has 7 nitrogen and oxygen atoms in total. The maximum Gasteiger partial charge on any atom is 0.418 e. The van der Waals surface area contributed by atoms with E-state index >= 15 is 0 Å². The number of carbonyl (C=O) groups is 2. The summed E-state index contributed by atoms with van der Waals surface area (Å²) in [4.78, 5) is 34.7. The summed E-state index contributed by atoms with van der Waals surface area (Å²) >= 11 is 0. The van der Waals surface area contributed by atoms with Crippen molar-refractivity contribution in [2.45, 2.75) is 13.5 Å². The third-order valence-electron chi connectivity index (χ3n) is 3.13. The van der Waals surface area contributed by atoms with Gasteiger partial charge in [0, 0.05) is 5.69 Å². The number of carboxylic acid groups (broad SMARTS) is 1. The van der Waals surface area contributed by atoms with Crippen LogP contribution in [0, 0.1) is 6.92 Å². The largest absolute Gasteiger partial charge is 0.464 e. The number of hydrogen-bond donors (Lipinski definition) is 2. The third kappa shape index (κ3) is 4.19. The highest BCUT2D eigenvalue weighted by Crippen LogP contribution is 2.04. The molecule has 2 rings (SSSR count). The van der Waals surface area contributed by atoms with Gasteiger partial charge in [-0.15, -0.1) is 0 Å². The number of aromatic nitrogens is 1. The molecule has 0 fully saturated rings. The minimum atomic E-state index is -1.37. The van der Waals surface area contributed by atoms with E-state index in [0.717, 1.165) is 5.56 Å². The number of aryl methyl sites for hydroxylation is 1. The lowest BCUT2D eigenvalue weighted by Crippen LogP contribution is -2.31. The number of ether oxygens (including phenoxy) is 1. The average Bonchev–Trinajstić information content (AvgIpc) is 2.53. The van der Waals surface area contributed by atoms with Gasteiger partial charge >= 0.3 is 12.1 Å². The van der Waals surface area contributed by atoms with Crippen LogP contribution in [0.1, 0.15) is 11.3 Å². The summed E-state index contributed by atoms with van der Waals surface area (Å²) < 4.78 is 5.67. The Bertz CT molecular complexity index is 768. The summed E-state index contributed by atoms with van der Waals surface area (Å²) in [7, 11) is 0. The van der Waals surface area contributed by atoms with Gasteiger partial charge in [0.1, 0.15) is 18.8 Å². The van der Waals surface area contributed by atoms with E-state index in [9.17, 15) is 14.4 Å². The molecular weight excluding hydrogens is 300 g/mol. The van der Waals surface area contributed by atoms with Crippen molar-refractivity contribution in [3.05, 3.63) is 64.1 Å². The van der Waals surface area contributed by atoms with Gasteiger partial charge in [0.25, 0.3) is 5.56 Å². The fourth-order valence-electron chi connectivity index (χ4n) is 1.96. The Morgan fingerprint density at radius 2 is 1.87 bits per heavy atom. The topological polar surface area (TPSA) is 97.6 Å². The minimum Gasteiger partial charge on any atom is -0.464 e. The fourth-order valence-corrected chi connectivity index (χ4v) is 1.96. The first-order chi connectivity index (χ1) is 11.0. The van der Waals surface area contributed by atoms with Gasteiger partial charge in [-0.2, -0.15) is 0 Å². The number of nitrogens with one attached hydrogen (secondary N) is 1. The summed E-state index contributed by atoms with van der Waals surface area (Å²) in [5.41, 5.74) is 0.437. The molecule has 0 unspecified atom stereocenters. The van der Waals surface area contributed by atoms with Crippen molar-refractivity contribution in [1.29, 1.82) is 0 Å². The van der Waals surface area contributed by atoms with Crippen LogP contribution < -0.4 is 10.9 Å². The van der Waals surface area contributed by atoms with E-state index in [1.807, 2.05) is 30.3 Å². The van der Waals surface area contributed by atoms with Crippen LogP contribution in [0.4, 0.5) is 10.5 Å². The number of nitrogens with zero attached hydrogens (tertiary/aromatic N) is 1. The van der Waals surface area contributed by atoms with Crippen molar-refractivity contribution in [2.75, 3.05) is 11.9 Å². The number of pyridine rings is 1. The highest BCUT2D eigenvalue weighted by Gasteiger charge is 2.12. The van der Waals surface area contributed by atoms with Crippen LogP contribution in [-0.4, -0.2) is 28.3 Å². The third-order valence-corrected chi connectivity index (χ3v) is 3.13. The molecule has 1 aromatic heterocycles. The zero-order chi connectivity index (χ0) is 16.8. The smallest absolute Gasteiger partial charge is 0.418 e. The first-order valence-corrected chi connectivity index (χ1v) is 6.88. The molecule has 0 aliphatic carbocycles. The Balaban J connectivity index is 1.96. The highest BCUT2D eigenvalue weighted by atomic mass is 16.5. The second kappa shape index (κ2) is 7.26. The normalized spacial score (nSPS) is 10.1. The molecule has 120 valence electrons. The number of carbonyl (C=O) groups excluding carboxylic acids is 1. The Labute approximate surface area is 132 Å². The Morgan fingerprint density at radius 3 is 2.52 bits per heavy atom. The number of anilines is 1. The van der Waals surface area contributed by atoms with Crippen molar-refractivity contribution < 1.29 is 19.4 Å². The van der Waals surface area contributed by atoms with Crippen molar-refractivity contribution in [2.24, 2.45) is 0 Å². The fraction of sp³-hybridized carbons (Fsp3) is 0.188. The van der Waals surface area contributed by atoms with Gasteiger partial charge in [-0.1, -0.05) is 30.3 Å². The van der Waals surface area contributed by atoms with Crippen LogP contribution in [0.3, 0.4) is 0 Å². The molecule has 23 heavy (non-hydrogen) atoms. The predicted molar refractivity (Wildman–Crippen MR) is 83.6 cm³/mol. The minimum absolute atomic E-state index is 0.0228. The summed E-state index contributed by atoms with van der Waals surface area (Å²) in [6.07, 6.45) is -1.37. The number of hydrogen-bond acceptors (Lipinski definition) is 5. The average molecular weight is 316 g/mol. The molecule has 0 bridgehead atoms. The Morgan fingerprint density at radius 1 is 1.17 bits per heavy atom. The second-order valence-electron chi connectivity index (χ2n) is 4.81. The lowest BCUT2D eigenvalue weighted by Gasteiger charge is -2.09. The second-order valence-corrected chi connectivity index (χ2v) is 4.81. The standard InChI is InChI=1S/C16H16N2O5/c1-11-7-8-13(15(20)18(11)16(21)22)17-9-14(19)23-10-12-5-3-2-4-6-12/h2-8,17H,9-10H2,1H3,(H,21,22). The maximum absolute atomic E-state index is 12.0. The predicted octanol–water partition coefficient (Wildman–Crippen LogP) is 1.84. The first kappa shape index (κ1) is 16.3. The molecular formula is C16H16N2O5. The van der Waals surface area contributed by atoms with E-state index in [1.165, 1.54) is 19.1 Å². The van der Waals surface area contributed by atoms with Gasteiger partial charge in [-0.25, -0.2) is 9.36 Å². The van der Waals surface area contributed by atoms with Crippen LogP contribution >= 0.6 is 0 Å². The van der Waals surface area contributed by atoms with E-state index in [-0.39, 0.29) is 18.8 Å². The molecule has 2 N–H and O–H groups in total. The Kier molecular flexibility index (Phi) is 5.14. The monoisotopic (exact) mass is 316 g/mol. The molecule has 0 atom stereocenters. The van der Waals surface area contributed by atoms with Crippen LogP contribution in [0.25, 0.3) is 0 Å². The van der Waals surface area contributed by atoms with E-state index in [4.69, 9.17) is 9.84 Å². The molecule has 0 aliphatic rings. The number of esters is 1. The lowest BCUT2D eigenvalue weighted by molar-refractivity contribution is -0.142. The lowest BCUT2D eigenvalue weighted by atomic mass is 10.2. The molecule has 0 radical (unpaired) electrons. The van der Waals surface area contributed by atoms with Crippen LogP contribution in [0.2, 0.25) is 0 Å². The first-order valence-electron chi connectivity index (χ1n) is 6.88. The molecule has 1 heterocycles. The summed E-state index contributed by atoms with van der Waals surface area (Å²) in [5, 5.41) is 11.6. The quantitative estimate of drug-likeness (QED) is 0.817. The SMILES string of the molecule is Cc1ccc(NCC(=O)OCc2ccccc2)c(=O)n1C(=O)O. The van der Waals surface area contributed by atoms with E-state index in [2.05, 4.69) is 5.32 Å². The maximum atomic E-state index is 12.0. The van der Waals surface area contributed by atoms with Gasteiger partial charge in [-0.05, 0) is 24.6 Å². The molecule has 7 heteroatoms. The van der Waals surface area contributed by atoms with Crippen LogP contribution in [-0.2, 0) is 16.1 Å². The molecule has 0 amide bonds. The van der Waals surface area contributed by atoms with E-state index < -0.39 is 17.6 Å². The van der Waals surface area contributed by atoms with Crippen molar-refractivity contribution >= 4 is 17.7 Å². The van der Waals surface area contributed by atoms with Gasteiger partial charge in [0.15, 0.2) is 0 Å². The van der Waals surface area contributed by atoms with Crippen LogP contribution in [0.15, 0.2) is 47.3 Å². The summed E-state index contributed by atoms with van der Waals surface area (Å²) in [5.74, 6) is -0.546. The molecule has 0 spiro atoms. The Hall–Kier alpha value is -3.09. The molecule has 0 saturated carbocycles. The zero-order valence-electron chi connectivity index (χ0n) is 12.5. The van der Waals surface area contributed by atoms with Gasteiger partial charge in [0.05, 0.1) is 0 Å². The van der Waals surface area contributed by atoms with Crippen LogP contribution in [0.5, 0.6) is 0 Å². The van der Waals surface area contributed by atoms with E-state index in [1.54, 1.807) is 0 Å². The summed E-state index contributed by atoms with van der Waals surface area (Å²) in [6.45, 7) is 1.41. The molecule has 0 aliphatic heterocycles. The zero-order valence-corrected chi connectivity index (χ0v) is 12.5. The number of rotatable bonds is 5. The highest BCUT2D eigenvalue weighted by molar-refractivity contribution is 5.75. The molecule has 0 saturated heterocycles. The van der Waals surface area contributed by atoms with Crippen molar-refractivity contribution in [3.8, 4) is 0 Å². The molecule has 1 aromatic carbocycles.